The van der Waals surface area contributed by atoms with Gasteiger partial charge in [0.15, 0.2) is 0 Å². The number of likely N-dealkylation sites (tertiary alicyclic amines) is 1. The predicted molar refractivity (Wildman–Crippen MR) is 146 cm³/mol. The molecule has 1 saturated heterocycles. The first-order valence-electron chi connectivity index (χ1n) is 13.0. The van der Waals surface area contributed by atoms with Crippen molar-refractivity contribution in [2.75, 3.05) is 25.5 Å². The van der Waals surface area contributed by atoms with Gasteiger partial charge in [-0.1, -0.05) is 24.8 Å². The van der Waals surface area contributed by atoms with E-state index in [4.69, 9.17) is 0 Å². The molecule has 38 heavy (non-hydrogen) atoms. The molecule has 1 aliphatic heterocycles. The van der Waals surface area contributed by atoms with Crippen molar-refractivity contribution in [3.8, 4) is 0 Å². The molecule has 0 bridgehead atoms. The van der Waals surface area contributed by atoms with Crippen molar-refractivity contribution in [1.82, 2.24) is 15.2 Å². The molecule has 2 N–H and O–H groups in total. The van der Waals surface area contributed by atoms with Gasteiger partial charge in [0.05, 0.1) is 17.0 Å². The number of nitrogens with zero attached hydrogens (tertiary/aromatic N) is 2. The number of pyridine rings is 1. The van der Waals surface area contributed by atoms with E-state index in [0.717, 1.165) is 31.3 Å². The maximum Gasteiger partial charge on any atom is 0.417 e. The van der Waals surface area contributed by atoms with E-state index in [0.29, 0.717) is 36.2 Å². The van der Waals surface area contributed by atoms with E-state index in [-0.39, 0.29) is 35.5 Å². The second-order valence-electron chi connectivity index (χ2n) is 10.7. The lowest BCUT2D eigenvalue weighted by Gasteiger charge is -2.41. The number of hydrogen-bond donors (Lipinski definition) is 3. The Bertz CT molecular complexity index is 1290. The molecule has 1 unspecified atom stereocenters. The smallest absolute Gasteiger partial charge is 0.368 e. The van der Waals surface area contributed by atoms with Crippen molar-refractivity contribution in [1.29, 1.82) is 0 Å². The maximum absolute atomic E-state index is 15.1. The number of hydrogen-bond acceptors (Lipinski definition) is 5. The number of benzene rings is 1. The number of nitrogens with one attached hydrogen (secondary N) is 2. The highest BCUT2D eigenvalue weighted by atomic mass is 32.1. The van der Waals surface area contributed by atoms with Gasteiger partial charge in [0.2, 0.25) is 5.91 Å². The number of amides is 1. The highest BCUT2D eigenvalue weighted by molar-refractivity contribution is 7.82. The fourth-order valence-electron chi connectivity index (χ4n) is 5.22. The molecule has 1 aromatic carbocycles. The number of alkyl halides is 4. The summed E-state index contributed by atoms with van der Waals surface area (Å²) in [5, 5.41) is 7.02. The van der Waals surface area contributed by atoms with Gasteiger partial charge < -0.3 is 15.5 Å². The van der Waals surface area contributed by atoms with Crippen LogP contribution in [0.5, 0.6) is 0 Å². The third-order valence-electron chi connectivity index (χ3n) is 7.69. The number of carbonyl (C=O) groups excluding carboxylic acids is 1. The van der Waals surface area contributed by atoms with Crippen LogP contribution in [-0.4, -0.2) is 59.2 Å². The molecule has 10 heteroatoms. The lowest BCUT2D eigenvalue weighted by atomic mass is 9.91. The third-order valence-corrected chi connectivity index (χ3v) is 8.30. The number of aromatic nitrogens is 1. The van der Waals surface area contributed by atoms with Crippen molar-refractivity contribution < 1.29 is 22.4 Å². The minimum Gasteiger partial charge on any atom is -0.368 e. The fraction of sp³-hybridized carbons (Fsp3) is 0.500. The molecular formula is C28H32F4N4OS. The van der Waals surface area contributed by atoms with Gasteiger partial charge >= 0.3 is 6.18 Å². The Hall–Kier alpha value is -2.59. The van der Waals surface area contributed by atoms with Crippen LogP contribution >= 0.6 is 12.6 Å². The first-order valence-corrected chi connectivity index (χ1v) is 13.4. The predicted octanol–water partition coefficient (Wildman–Crippen LogP) is 5.98. The minimum atomic E-state index is -4.67. The minimum absolute atomic E-state index is 0.0228. The fourth-order valence-corrected chi connectivity index (χ4v) is 5.52. The summed E-state index contributed by atoms with van der Waals surface area (Å²) in [6.45, 7) is 4.16. The van der Waals surface area contributed by atoms with Crippen molar-refractivity contribution >= 4 is 46.1 Å². The standard InChI is InChI=1S/C28H32F4N4OS/c1-16(28(30,31)32)25-20-7-4-8-22(35-27(38)11-12-36(2)15-24(27)29)21(20)14-23(34-25)18-5-3-6-19(13-18)33-26(37)17-9-10-17/h4,7-8,13-14,17,19,24,35,38H,1,3,5-6,9-12,15H2,2H3,(H,33,37)/t19?,24-,27+/m0/s1. The molecule has 204 valence electrons. The number of thiol groups is 1. The Morgan fingerprint density at radius 2 is 2.00 bits per heavy atom. The van der Waals surface area contributed by atoms with Crippen LogP contribution in [-0.2, 0) is 4.79 Å². The zero-order valence-corrected chi connectivity index (χ0v) is 22.1. The normalized spacial score (nSPS) is 26.6. The highest BCUT2D eigenvalue weighted by Crippen LogP contribution is 2.41. The van der Waals surface area contributed by atoms with E-state index in [9.17, 15) is 18.0 Å². The summed E-state index contributed by atoms with van der Waals surface area (Å²) < 4.78 is 56.7. The van der Waals surface area contributed by atoms with Crippen molar-refractivity contribution in [3.05, 3.63) is 48.3 Å². The second kappa shape index (κ2) is 10.2. The van der Waals surface area contributed by atoms with Crippen molar-refractivity contribution in [3.63, 3.8) is 0 Å². The number of halogens is 4. The Labute approximate surface area is 225 Å². The van der Waals surface area contributed by atoms with Gasteiger partial charge in [-0.3, -0.25) is 4.79 Å². The van der Waals surface area contributed by atoms with Gasteiger partial charge in [0.25, 0.3) is 0 Å². The number of carbonyl (C=O) groups is 1. The molecule has 5 rings (SSSR count). The molecule has 2 heterocycles. The molecule has 3 atom stereocenters. The van der Waals surface area contributed by atoms with Crippen molar-refractivity contribution in [2.24, 2.45) is 5.92 Å². The first-order chi connectivity index (χ1) is 17.9. The van der Waals surface area contributed by atoms with E-state index >= 15 is 4.39 Å². The summed E-state index contributed by atoms with van der Waals surface area (Å²) in [4.78, 5) is 17.5. The lowest BCUT2D eigenvalue weighted by molar-refractivity contribution is -0.122. The van der Waals surface area contributed by atoms with Crippen LogP contribution in [0.1, 0.15) is 49.9 Å². The number of allylic oxidation sites excluding steroid dienone is 2. The van der Waals surface area contributed by atoms with Gasteiger partial charge in [-0.15, -0.1) is 12.6 Å². The Kier molecular flexibility index (Phi) is 7.24. The van der Waals surface area contributed by atoms with E-state index in [1.807, 2.05) is 18.0 Å². The zero-order chi connectivity index (χ0) is 27.2. The first kappa shape index (κ1) is 27.0. The SMILES string of the molecule is C=C(c1nc(C2=CC(NC(=O)C3CC3)CCC2)cc2c(N[C@@]3(S)CCN(C)C[C@@H]3F)cccc12)C(F)(F)F. The number of anilines is 1. The van der Waals surface area contributed by atoms with Crippen LogP contribution in [0.2, 0.25) is 0 Å². The second-order valence-corrected chi connectivity index (χ2v) is 11.5. The Balaban J connectivity index is 1.58. The van der Waals surface area contributed by atoms with E-state index < -0.39 is 22.8 Å². The van der Waals surface area contributed by atoms with E-state index in [2.05, 4.69) is 34.8 Å². The molecule has 3 aliphatic rings. The Morgan fingerprint density at radius 1 is 1.24 bits per heavy atom. The molecule has 5 nitrogen and oxygen atoms in total. The molecule has 2 aromatic rings. The van der Waals surface area contributed by atoms with Crippen LogP contribution in [0.15, 0.2) is 36.9 Å². The van der Waals surface area contributed by atoms with Crippen LogP contribution in [0.4, 0.5) is 23.2 Å². The van der Waals surface area contributed by atoms with Gasteiger partial charge in [0, 0.05) is 41.5 Å². The average Bonchev–Trinajstić information content (AvgIpc) is 3.71. The van der Waals surface area contributed by atoms with Crippen molar-refractivity contribution in [2.45, 2.75) is 61.8 Å². The van der Waals surface area contributed by atoms with Gasteiger partial charge in [0.1, 0.15) is 11.0 Å². The molecule has 1 saturated carbocycles. The molecule has 2 fully saturated rings. The third kappa shape index (κ3) is 5.57. The molecule has 1 amide bonds. The largest absolute Gasteiger partial charge is 0.417 e. The topological polar surface area (TPSA) is 57.3 Å². The molecule has 1 aromatic heterocycles. The highest BCUT2D eigenvalue weighted by Gasteiger charge is 2.41. The quantitative estimate of drug-likeness (QED) is 0.236. The summed E-state index contributed by atoms with van der Waals surface area (Å²) >= 11 is 4.65. The summed E-state index contributed by atoms with van der Waals surface area (Å²) in [6, 6.07) is 6.48. The average molecular weight is 549 g/mol. The number of fused-ring (bicyclic) bond motifs is 1. The van der Waals surface area contributed by atoms with E-state index in [1.54, 1.807) is 24.3 Å². The Morgan fingerprint density at radius 3 is 2.68 bits per heavy atom. The van der Waals surface area contributed by atoms with Gasteiger partial charge in [-0.2, -0.15) is 13.2 Å². The van der Waals surface area contributed by atoms with Crippen LogP contribution in [0, 0.1) is 5.92 Å². The van der Waals surface area contributed by atoms with Crippen LogP contribution in [0.3, 0.4) is 0 Å². The zero-order valence-electron chi connectivity index (χ0n) is 21.2. The van der Waals surface area contributed by atoms with E-state index in [1.165, 1.54) is 0 Å². The van der Waals surface area contributed by atoms with Crippen LogP contribution in [0.25, 0.3) is 21.9 Å². The molecule has 0 radical (unpaired) electrons. The summed E-state index contributed by atoms with van der Waals surface area (Å²) in [5.74, 6) is 0.0879. The molecule has 0 spiro atoms. The van der Waals surface area contributed by atoms with Gasteiger partial charge in [-0.25, -0.2) is 9.37 Å². The summed E-state index contributed by atoms with van der Waals surface area (Å²) in [5.41, 5.74) is 0.353. The molecule has 2 aliphatic carbocycles. The van der Waals surface area contributed by atoms with Gasteiger partial charge in [-0.05, 0) is 63.3 Å². The van der Waals surface area contributed by atoms with Crippen LogP contribution < -0.4 is 10.6 Å². The number of piperidine rings is 1. The number of rotatable bonds is 6. The molecular weight excluding hydrogens is 516 g/mol. The lowest BCUT2D eigenvalue weighted by Crippen LogP contribution is -2.53. The monoisotopic (exact) mass is 548 g/mol. The maximum atomic E-state index is 15.1. The summed E-state index contributed by atoms with van der Waals surface area (Å²) in [7, 11) is 1.84. The summed E-state index contributed by atoms with van der Waals surface area (Å²) in [6.07, 6.45) is 0.296.